The van der Waals surface area contributed by atoms with Crippen LogP contribution in [0.3, 0.4) is 0 Å². The Hall–Kier alpha value is -2.69. The topological polar surface area (TPSA) is 184 Å². The molecular formula is C16H15N7O5S4. The third kappa shape index (κ3) is 4.17. The number of rotatable bonds is 7. The number of hydrogen-bond donors (Lipinski definition) is 4. The van der Waals surface area contributed by atoms with E-state index in [-0.39, 0.29) is 22.2 Å². The number of fused-ring (bicyclic) bond motifs is 1. The Morgan fingerprint density at radius 3 is 2.81 bits per heavy atom. The Morgan fingerprint density at radius 1 is 1.44 bits per heavy atom. The van der Waals surface area contributed by atoms with Crippen LogP contribution in [0.25, 0.3) is 0 Å². The van der Waals surface area contributed by atoms with Gasteiger partial charge in [0.2, 0.25) is 0 Å². The number of nitrogens with zero attached hydrogens (tertiary/aromatic N) is 5. The predicted octanol–water partition coefficient (Wildman–Crippen LogP) is 0.594. The zero-order valence-electron chi connectivity index (χ0n) is 16.2. The maximum Gasteiger partial charge on any atom is 0.352 e. The quantitative estimate of drug-likeness (QED) is 0.134. The summed E-state index contributed by atoms with van der Waals surface area (Å²) >= 11 is 5.00. The Morgan fingerprint density at radius 2 is 2.22 bits per heavy atom. The first kappa shape index (κ1) is 22.5. The molecule has 16 heteroatoms. The normalized spacial score (nSPS) is 20.7. The van der Waals surface area contributed by atoms with Gasteiger partial charge in [0.1, 0.15) is 28.6 Å². The summed E-state index contributed by atoms with van der Waals surface area (Å²) < 4.78 is 4.81. The van der Waals surface area contributed by atoms with Crippen LogP contribution < -0.4 is 11.1 Å². The molecule has 2 atom stereocenters. The highest BCUT2D eigenvalue weighted by molar-refractivity contribution is 8.01. The number of hydrogen-bond acceptors (Lipinski definition) is 13. The fourth-order valence-corrected chi connectivity index (χ4v) is 6.78. The van der Waals surface area contributed by atoms with E-state index in [4.69, 9.17) is 5.73 Å². The SMILES string of the molecule is Cc1nsc(SCC2=C(C(=O)O)N3C(=O)C(NC(=O)C(=NO)c4csc(N)n4)[C@H]3SC2)n1. The highest BCUT2D eigenvalue weighted by Gasteiger charge is 2.54. The molecule has 12 nitrogen and oxygen atoms in total. The van der Waals surface area contributed by atoms with Gasteiger partial charge < -0.3 is 21.4 Å². The molecule has 0 bridgehead atoms. The molecule has 2 aromatic heterocycles. The number of β-lactam (4-membered cyclic amide) rings is 1. The van der Waals surface area contributed by atoms with Gasteiger partial charge in [-0.05, 0) is 24.0 Å². The summed E-state index contributed by atoms with van der Waals surface area (Å²) in [6.45, 7) is 1.77. The summed E-state index contributed by atoms with van der Waals surface area (Å²) in [4.78, 5) is 46.6. The number of oxime groups is 1. The second kappa shape index (κ2) is 9.05. The number of aryl methyl sites for hydroxylation is 1. The standard InChI is InChI=1S/C16H15N7O5S4/c1-5-18-16(32-22-5)31-3-6-2-29-13-9(12(25)23(13)10(6)14(26)27)20-11(24)8(21-28)7-4-30-15(17)19-7/h4,9,13,28H,2-3H2,1H3,(H2,17,19)(H,20,24)(H,26,27)/t9?,13-/m1/s1. The molecule has 0 saturated carbocycles. The summed E-state index contributed by atoms with van der Waals surface area (Å²) in [5.41, 5.74) is 5.74. The monoisotopic (exact) mass is 513 g/mol. The molecule has 2 aromatic rings. The average Bonchev–Trinajstić information content (AvgIpc) is 3.38. The van der Waals surface area contributed by atoms with Gasteiger partial charge in [-0.3, -0.25) is 14.5 Å². The second-order valence-electron chi connectivity index (χ2n) is 6.53. The Kier molecular flexibility index (Phi) is 6.36. The number of aliphatic carboxylic acids is 1. The third-order valence-electron chi connectivity index (χ3n) is 4.49. The van der Waals surface area contributed by atoms with E-state index in [0.717, 1.165) is 11.3 Å². The number of nitrogen functional groups attached to an aromatic ring is 1. The van der Waals surface area contributed by atoms with E-state index in [9.17, 15) is 24.7 Å². The van der Waals surface area contributed by atoms with Gasteiger partial charge in [0.15, 0.2) is 15.2 Å². The van der Waals surface area contributed by atoms with Crippen LogP contribution in [-0.4, -0.2) is 76.0 Å². The van der Waals surface area contributed by atoms with Crippen molar-refractivity contribution >= 4 is 75.0 Å². The van der Waals surface area contributed by atoms with Crippen molar-refractivity contribution in [1.82, 2.24) is 24.6 Å². The fraction of sp³-hybridized carbons (Fsp3) is 0.312. The molecule has 32 heavy (non-hydrogen) atoms. The fourth-order valence-electron chi connectivity index (χ4n) is 3.10. The van der Waals surface area contributed by atoms with Crippen LogP contribution in [0.15, 0.2) is 26.1 Å². The number of amides is 2. The van der Waals surface area contributed by atoms with Gasteiger partial charge in [0, 0.05) is 16.9 Å². The lowest BCUT2D eigenvalue weighted by Crippen LogP contribution is -2.71. The molecule has 2 amide bonds. The van der Waals surface area contributed by atoms with Crippen LogP contribution >= 0.6 is 46.4 Å². The van der Waals surface area contributed by atoms with E-state index in [1.54, 1.807) is 6.92 Å². The minimum absolute atomic E-state index is 0.0739. The van der Waals surface area contributed by atoms with Crippen molar-refractivity contribution in [1.29, 1.82) is 0 Å². The molecule has 168 valence electrons. The molecule has 2 aliphatic heterocycles. The number of thiazole rings is 1. The number of carbonyl (C=O) groups excluding carboxylic acids is 2. The highest BCUT2D eigenvalue weighted by Crippen LogP contribution is 2.41. The van der Waals surface area contributed by atoms with Crippen LogP contribution in [0, 0.1) is 6.92 Å². The maximum atomic E-state index is 12.8. The number of nitrogens with two attached hydrogens (primary N) is 1. The van der Waals surface area contributed by atoms with Crippen molar-refractivity contribution in [3.63, 3.8) is 0 Å². The van der Waals surface area contributed by atoms with Crippen LogP contribution in [0.4, 0.5) is 5.13 Å². The van der Waals surface area contributed by atoms with Crippen molar-refractivity contribution in [2.24, 2.45) is 5.16 Å². The van der Waals surface area contributed by atoms with Gasteiger partial charge in [0.05, 0.1) is 0 Å². The number of carboxylic acid groups (broad SMARTS) is 1. The number of carboxylic acids is 1. The summed E-state index contributed by atoms with van der Waals surface area (Å²) in [5.74, 6) is -1.22. The number of thioether (sulfide) groups is 2. The van der Waals surface area contributed by atoms with Crippen molar-refractivity contribution in [3.8, 4) is 0 Å². The van der Waals surface area contributed by atoms with Crippen LogP contribution in [0.2, 0.25) is 0 Å². The van der Waals surface area contributed by atoms with E-state index >= 15 is 0 Å². The largest absolute Gasteiger partial charge is 0.477 e. The molecule has 1 fully saturated rings. The second-order valence-corrected chi connectivity index (χ2v) is 10.5. The van der Waals surface area contributed by atoms with Crippen molar-refractivity contribution in [2.45, 2.75) is 22.7 Å². The van der Waals surface area contributed by atoms with Crippen LogP contribution in [0.5, 0.6) is 0 Å². The molecule has 0 aliphatic carbocycles. The molecule has 0 spiro atoms. The lowest BCUT2D eigenvalue weighted by atomic mass is 10.0. The zero-order chi connectivity index (χ0) is 23.0. The average molecular weight is 514 g/mol. The van der Waals surface area contributed by atoms with Gasteiger partial charge >= 0.3 is 5.97 Å². The van der Waals surface area contributed by atoms with Gasteiger partial charge in [0.25, 0.3) is 11.8 Å². The third-order valence-corrected chi connectivity index (χ3v) is 8.52. The summed E-state index contributed by atoms with van der Waals surface area (Å²) in [6.07, 6.45) is 0. The molecule has 0 aromatic carbocycles. The van der Waals surface area contributed by atoms with E-state index in [2.05, 4.69) is 24.8 Å². The van der Waals surface area contributed by atoms with Gasteiger partial charge in [-0.25, -0.2) is 14.8 Å². The Balaban J connectivity index is 1.48. The summed E-state index contributed by atoms with van der Waals surface area (Å²) in [5, 5.41) is 25.5. The van der Waals surface area contributed by atoms with E-state index < -0.39 is 29.2 Å². The number of aromatic nitrogens is 3. The van der Waals surface area contributed by atoms with Gasteiger partial charge in [-0.2, -0.15) is 4.37 Å². The van der Waals surface area contributed by atoms with Crippen molar-refractivity contribution < 1.29 is 24.7 Å². The lowest BCUT2D eigenvalue weighted by molar-refractivity contribution is -0.150. The number of nitrogens with one attached hydrogen (secondary N) is 1. The van der Waals surface area contributed by atoms with Crippen LogP contribution in [-0.2, 0) is 14.4 Å². The molecular weight excluding hydrogens is 498 g/mol. The van der Waals surface area contributed by atoms with Crippen LogP contribution in [0.1, 0.15) is 11.5 Å². The molecule has 5 N–H and O–H groups in total. The molecule has 0 radical (unpaired) electrons. The Bertz CT molecular complexity index is 1160. The summed E-state index contributed by atoms with van der Waals surface area (Å²) in [7, 11) is 0. The maximum absolute atomic E-state index is 12.8. The highest BCUT2D eigenvalue weighted by atomic mass is 32.2. The molecule has 2 aliphatic rings. The molecule has 1 unspecified atom stereocenters. The minimum Gasteiger partial charge on any atom is -0.477 e. The molecule has 4 heterocycles. The predicted molar refractivity (Wildman–Crippen MR) is 120 cm³/mol. The molecule has 4 rings (SSSR count). The Labute approximate surface area is 197 Å². The first-order valence-corrected chi connectivity index (χ1v) is 12.6. The van der Waals surface area contributed by atoms with Gasteiger partial charge in [-0.15, -0.1) is 23.1 Å². The lowest BCUT2D eigenvalue weighted by Gasteiger charge is -2.49. The van der Waals surface area contributed by atoms with Gasteiger partial charge in [-0.1, -0.05) is 16.9 Å². The van der Waals surface area contributed by atoms with Crippen molar-refractivity contribution in [2.75, 3.05) is 17.2 Å². The molecule has 1 saturated heterocycles. The van der Waals surface area contributed by atoms with E-state index in [1.165, 1.54) is 45.3 Å². The van der Waals surface area contributed by atoms with E-state index in [1.807, 2.05) is 0 Å². The number of carbonyl (C=O) groups is 3. The summed E-state index contributed by atoms with van der Waals surface area (Å²) in [6, 6.07) is -0.963. The van der Waals surface area contributed by atoms with Crippen molar-refractivity contribution in [3.05, 3.63) is 28.2 Å². The van der Waals surface area contributed by atoms with E-state index in [0.29, 0.717) is 27.2 Å². The smallest absolute Gasteiger partial charge is 0.352 e. The zero-order valence-corrected chi connectivity index (χ0v) is 19.5. The first-order valence-electron chi connectivity index (χ1n) is 8.87. The minimum atomic E-state index is -1.21. The first-order chi connectivity index (χ1) is 15.3. The number of anilines is 1.